The number of benzene rings is 1. The molecule has 12 nitrogen and oxygen atoms in total. The molecule has 0 unspecified atom stereocenters. The van der Waals surface area contributed by atoms with Gasteiger partial charge in [0.1, 0.15) is 0 Å². The van der Waals surface area contributed by atoms with Crippen molar-refractivity contribution in [2.75, 3.05) is 52.6 Å². The van der Waals surface area contributed by atoms with E-state index in [4.69, 9.17) is 29.9 Å². The van der Waals surface area contributed by atoms with E-state index >= 15 is 0 Å². The van der Waals surface area contributed by atoms with E-state index in [1.165, 1.54) is 11.1 Å². The molecule has 0 saturated carbocycles. The number of hydrogen-bond acceptors (Lipinski definition) is 8. The molecule has 0 spiro atoms. The summed E-state index contributed by atoms with van der Waals surface area (Å²) in [6.45, 7) is 9.76. The third kappa shape index (κ3) is 16.1. The van der Waals surface area contributed by atoms with Crippen LogP contribution in [-0.2, 0) is 41.7 Å². The van der Waals surface area contributed by atoms with E-state index in [0.717, 1.165) is 65.7 Å². The van der Waals surface area contributed by atoms with Crippen molar-refractivity contribution < 1.29 is 49.1 Å². The maximum absolute atomic E-state index is 9.55. The molecule has 0 amide bonds. The van der Waals surface area contributed by atoms with Crippen LogP contribution in [-0.4, -0.2) is 107 Å². The summed E-state index contributed by atoms with van der Waals surface area (Å²) >= 11 is 0. The van der Waals surface area contributed by atoms with Crippen LogP contribution in [0, 0.1) is 0 Å². The lowest BCUT2D eigenvalue weighted by molar-refractivity contribution is -0.134. The Hall–Kier alpha value is -3.58. The number of carbonyl (C=O) groups is 4. The molecule has 1 aromatic carbocycles. The molecule has 3 rings (SSSR count). The van der Waals surface area contributed by atoms with Crippen molar-refractivity contribution in [3.8, 4) is 0 Å². The van der Waals surface area contributed by atoms with Gasteiger partial charge in [0.05, 0.1) is 26.4 Å². The number of aliphatic carboxylic acids is 4. The average Bonchev–Trinajstić information content (AvgIpc) is 2.84. The van der Waals surface area contributed by atoms with E-state index in [9.17, 15) is 19.2 Å². The second kappa shape index (κ2) is 17.8. The van der Waals surface area contributed by atoms with Gasteiger partial charge in [-0.25, -0.2) is 19.2 Å². The molecular weight excluding hydrogens is 476 g/mol. The highest BCUT2D eigenvalue weighted by Crippen LogP contribution is 2.12. The van der Waals surface area contributed by atoms with E-state index in [1.54, 1.807) is 0 Å². The van der Waals surface area contributed by atoms with Gasteiger partial charge in [-0.15, -0.1) is 0 Å². The van der Waals surface area contributed by atoms with Crippen molar-refractivity contribution in [3.63, 3.8) is 0 Å². The van der Waals surface area contributed by atoms with Crippen molar-refractivity contribution in [1.29, 1.82) is 0 Å². The average molecular weight is 509 g/mol. The Balaban J connectivity index is 0.000000337. The van der Waals surface area contributed by atoms with Crippen LogP contribution in [0.5, 0.6) is 0 Å². The molecule has 2 aliphatic rings. The van der Waals surface area contributed by atoms with Crippen LogP contribution in [0.2, 0.25) is 0 Å². The van der Waals surface area contributed by atoms with Gasteiger partial charge >= 0.3 is 23.9 Å². The van der Waals surface area contributed by atoms with Crippen molar-refractivity contribution in [2.24, 2.45) is 0 Å². The molecule has 2 saturated heterocycles. The summed E-state index contributed by atoms with van der Waals surface area (Å²) in [6, 6.07) is 9.01. The number of rotatable bonds is 8. The Labute approximate surface area is 208 Å². The van der Waals surface area contributed by atoms with E-state index < -0.39 is 23.9 Å². The van der Waals surface area contributed by atoms with Gasteiger partial charge in [-0.3, -0.25) is 9.80 Å². The summed E-state index contributed by atoms with van der Waals surface area (Å²) in [4.78, 5) is 43.2. The Kier molecular flexibility index (Phi) is 15.1. The molecule has 0 bridgehead atoms. The first-order chi connectivity index (χ1) is 17.2. The standard InChI is InChI=1S/C16H24N2O2.2C4H4O4/c1-2-15(13-17-4-8-19-9-5-17)12-16(3-1)14-18-6-10-20-11-7-18;2*5-3(6)1-2-4(7)8/h1-3,12H,4-11,13-14H2;2*1-2H,(H,5,6)(H,7,8)/b;2*2-1-. The predicted molar refractivity (Wildman–Crippen MR) is 127 cm³/mol. The quantitative estimate of drug-likeness (QED) is 0.364. The largest absolute Gasteiger partial charge is 0.478 e. The molecule has 2 aliphatic heterocycles. The monoisotopic (exact) mass is 508 g/mol. The zero-order valence-electron chi connectivity index (χ0n) is 19.8. The fourth-order valence-corrected chi connectivity index (χ4v) is 3.15. The van der Waals surface area contributed by atoms with Gasteiger partial charge in [0.2, 0.25) is 0 Å². The molecule has 2 heterocycles. The predicted octanol–water partition coefficient (Wildman–Crippen LogP) is 0.775. The number of carboxylic acid groups (broad SMARTS) is 4. The summed E-state index contributed by atoms with van der Waals surface area (Å²) in [5, 5.41) is 31.2. The fourth-order valence-electron chi connectivity index (χ4n) is 3.15. The zero-order chi connectivity index (χ0) is 26.8. The highest BCUT2D eigenvalue weighted by Gasteiger charge is 2.13. The van der Waals surface area contributed by atoms with Gasteiger partial charge < -0.3 is 29.9 Å². The minimum Gasteiger partial charge on any atom is -0.478 e. The maximum Gasteiger partial charge on any atom is 0.328 e. The Morgan fingerprint density at radius 2 is 0.944 bits per heavy atom. The first-order valence-corrected chi connectivity index (χ1v) is 11.1. The summed E-state index contributed by atoms with van der Waals surface area (Å²) in [5.74, 6) is -5.03. The van der Waals surface area contributed by atoms with Gasteiger partial charge in [0.25, 0.3) is 0 Å². The Morgan fingerprint density at radius 3 is 1.22 bits per heavy atom. The van der Waals surface area contributed by atoms with Crippen molar-refractivity contribution >= 4 is 23.9 Å². The number of nitrogens with zero attached hydrogens (tertiary/aromatic N) is 2. The molecular formula is C24H32N2O10. The first-order valence-electron chi connectivity index (χ1n) is 11.1. The minimum absolute atomic E-state index is 0.558. The third-order valence-electron chi connectivity index (χ3n) is 4.75. The van der Waals surface area contributed by atoms with E-state index in [2.05, 4.69) is 34.1 Å². The van der Waals surface area contributed by atoms with Gasteiger partial charge in [-0.1, -0.05) is 24.3 Å². The Bertz CT molecular complexity index is 803. The lowest BCUT2D eigenvalue weighted by Gasteiger charge is -2.28. The molecule has 1 aromatic rings. The highest BCUT2D eigenvalue weighted by molar-refractivity contribution is 5.90. The highest BCUT2D eigenvalue weighted by atomic mass is 16.5. The molecule has 12 heteroatoms. The normalized spacial score (nSPS) is 16.4. The number of hydrogen-bond donors (Lipinski definition) is 4. The molecule has 0 atom stereocenters. The smallest absolute Gasteiger partial charge is 0.328 e. The Morgan fingerprint density at radius 1 is 0.639 bits per heavy atom. The van der Waals surface area contributed by atoms with Crippen molar-refractivity contribution in [3.05, 3.63) is 59.7 Å². The SMILES string of the molecule is O=C(O)/C=C\C(=O)O.O=C(O)/C=C\C(=O)O.c1cc(CN2CCOCC2)cc(CN2CCOCC2)c1. The van der Waals surface area contributed by atoms with Crippen LogP contribution in [0.3, 0.4) is 0 Å². The second-order valence-electron chi connectivity index (χ2n) is 7.62. The molecule has 0 aliphatic carbocycles. The van der Waals surface area contributed by atoms with Crippen LogP contribution >= 0.6 is 0 Å². The van der Waals surface area contributed by atoms with Crippen molar-refractivity contribution in [1.82, 2.24) is 9.80 Å². The second-order valence-corrected chi connectivity index (χ2v) is 7.62. The molecule has 4 N–H and O–H groups in total. The lowest BCUT2D eigenvalue weighted by Crippen LogP contribution is -2.36. The molecule has 0 aromatic heterocycles. The number of carboxylic acids is 4. The maximum atomic E-state index is 9.55. The van der Waals surface area contributed by atoms with Gasteiger partial charge in [-0.2, -0.15) is 0 Å². The van der Waals surface area contributed by atoms with Gasteiger partial charge in [0.15, 0.2) is 0 Å². The van der Waals surface area contributed by atoms with Gasteiger partial charge in [0, 0.05) is 63.6 Å². The minimum atomic E-state index is -1.26. The molecule has 198 valence electrons. The van der Waals surface area contributed by atoms with Crippen LogP contribution in [0.25, 0.3) is 0 Å². The summed E-state index contributed by atoms with van der Waals surface area (Å²) in [5.41, 5.74) is 2.83. The number of ether oxygens (including phenoxy) is 2. The van der Waals surface area contributed by atoms with Gasteiger partial charge in [-0.05, 0) is 11.1 Å². The fraction of sp³-hybridized carbons (Fsp3) is 0.417. The zero-order valence-corrected chi connectivity index (χ0v) is 19.8. The third-order valence-corrected chi connectivity index (χ3v) is 4.75. The molecule has 36 heavy (non-hydrogen) atoms. The van der Waals surface area contributed by atoms with E-state index in [1.807, 2.05) is 0 Å². The van der Waals surface area contributed by atoms with Crippen molar-refractivity contribution in [2.45, 2.75) is 13.1 Å². The molecule has 2 fully saturated rings. The van der Waals surface area contributed by atoms with E-state index in [-0.39, 0.29) is 0 Å². The summed E-state index contributed by atoms with van der Waals surface area (Å²) < 4.78 is 10.8. The first kappa shape index (κ1) is 30.5. The summed E-state index contributed by atoms with van der Waals surface area (Å²) in [6.07, 6.45) is 2.23. The van der Waals surface area contributed by atoms with Crippen LogP contribution in [0.1, 0.15) is 11.1 Å². The van der Waals surface area contributed by atoms with Crippen LogP contribution in [0.15, 0.2) is 48.6 Å². The van der Waals surface area contributed by atoms with E-state index in [0.29, 0.717) is 24.3 Å². The van der Waals surface area contributed by atoms with Crippen LogP contribution < -0.4 is 0 Å². The molecule has 0 radical (unpaired) electrons. The van der Waals surface area contributed by atoms with Crippen LogP contribution in [0.4, 0.5) is 0 Å². The lowest BCUT2D eigenvalue weighted by atomic mass is 10.1. The number of morpholine rings is 2. The summed E-state index contributed by atoms with van der Waals surface area (Å²) in [7, 11) is 0. The topological polar surface area (TPSA) is 174 Å².